The molecule has 1 saturated carbocycles. The van der Waals surface area contributed by atoms with Crippen LogP contribution in [0.4, 0.5) is 0 Å². The summed E-state index contributed by atoms with van der Waals surface area (Å²) in [4.78, 5) is 11.4. The van der Waals surface area contributed by atoms with E-state index in [4.69, 9.17) is 5.11 Å². The first-order valence-corrected chi connectivity index (χ1v) is 8.99. The Hall–Kier alpha value is -0.630. The summed E-state index contributed by atoms with van der Waals surface area (Å²) in [5, 5.41) is 9.01. The highest BCUT2D eigenvalue weighted by atomic mass is 16.3. The van der Waals surface area contributed by atoms with Gasteiger partial charge < -0.3 is 9.90 Å². The molecule has 128 valence electrons. The van der Waals surface area contributed by atoms with Crippen LogP contribution in [0.25, 0.3) is 0 Å². The number of aliphatic hydroxyl groups excluding tert-OH is 1. The molecule has 1 aliphatic rings. The van der Waals surface area contributed by atoms with Crippen LogP contribution in [0.2, 0.25) is 0 Å². The number of carbonyl (C=O) groups excluding carboxylic acids is 1. The number of carbonyl (C=O) groups is 1. The number of allylic oxidation sites excluding steroid dienone is 2. The number of Topliss-reactive ketones (excluding diaryl/α,β-unsaturated/α-hetero) is 1. The molecule has 1 rings (SSSR count). The molecule has 0 amide bonds. The van der Waals surface area contributed by atoms with Gasteiger partial charge in [-0.1, -0.05) is 46.3 Å². The summed E-state index contributed by atoms with van der Waals surface area (Å²) < 4.78 is 0. The first kappa shape index (κ1) is 19.4. The Balaban J connectivity index is 2.80. The predicted octanol–water partition coefficient (Wildman–Crippen LogP) is 5.15. The fourth-order valence-electron chi connectivity index (χ4n) is 4.34. The fourth-order valence-corrected chi connectivity index (χ4v) is 4.34. The summed E-state index contributed by atoms with van der Waals surface area (Å²) in [7, 11) is 0. The summed E-state index contributed by atoms with van der Waals surface area (Å²) in [6.07, 6.45) is 12.1. The van der Waals surface area contributed by atoms with E-state index in [1.54, 1.807) is 6.92 Å². The SMILES string of the molecule is CC(=O)CC[C@H]1C(C)(C)CCC[C@]1(C)/C=C/C[C@H](C)CCO. The molecule has 1 fully saturated rings. The summed E-state index contributed by atoms with van der Waals surface area (Å²) >= 11 is 0. The van der Waals surface area contributed by atoms with Crippen LogP contribution in [0.15, 0.2) is 12.2 Å². The first-order chi connectivity index (χ1) is 10.2. The second kappa shape index (κ2) is 8.29. The maximum absolute atomic E-state index is 11.4. The molecule has 0 aromatic rings. The lowest BCUT2D eigenvalue weighted by molar-refractivity contribution is -0.117. The highest BCUT2D eigenvalue weighted by molar-refractivity contribution is 5.75. The molecule has 0 saturated heterocycles. The molecule has 1 N–H and O–H groups in total. The third-order valence-corrected chi connectivity index (χ3v) is 5.72. The second-order valence-electron chi connectivity index (χ2n) is 8.40. The largest absolute Gasteiger partial charge is 0.396 e. The van der Waals surface area contributed by atoms with E-state index in [0.717, 1.165) is 19.3 Å². The third kappa shape index (κ3) is 5.53. The summed E-state index contributed by atoms with van der Waals surface area (Å²) in [6, 6.07) is 0. The Kier molecular flexibility index (Phi) is 7.31. The molecular formula is C20H36O2. The maximum Gasteiger partial charge on any atom is 0.129 e. The van der Waals surface area contributed by atoms with Crippen LogP contribution in [0, 0.1) is 22.7 Å². The van der Waals surface area contributed by atoms with E-state index < -0.39 is 0 Å². The Labute approximate surface area is 137 Å². The van der Waals surface area contributed by atoms with Crippen LogP contribution in [0.3, 0.4) is 0 Å². The number of aliphatic hydroxyl groups is 1. The van der Waals surface area contributed by atoms with E-state index in [-0.39, 0.29) is 12.0 Å². The molecular weight excluding hydrogens is 272 g/mol. The minimum atomic E-state index is 0.204. The lowest BCUT2D eigenvalue weighted by Crippen LogP contribution is -2.41. The zero-order valence-electron chi connectivity index (χ0n) is 15.3. The van der Waals surface area contributed by atoms with Crippen LogP contribution < -0.4 is 0 Å². The van der Waals surface area contributed by atoms with Crippen molar-refractivity contribution in [1.29, 1.82) is 0 Å². The number of rotatable bonds is 8. The lowest BCUT2D eigenvalue weighted by Gasteiger charge is -2.50. The summed E-state index contributed by atoms with van der Waals surface area (Å²) in [6.45, 7) is 11.3. The molecule has 0 radical (unpaired) electrons. The van der Waals surface area contributed by atoms with Crippen molar-refractivity contribution in [2.45, 2.75) is 79.6 Å². The Morgan fingerprint density at radius 2 is 2.00 bits per heavy atom. The molecule has 0 aromatic heterocycles. The van der Waals surface area contributed by atoms with Gasteiger partial charge in [0.2, 0.25) is 0 Å². The van der Waals surface area contributed by atoms with Crippen LogP contribution >= 0.6 is 0 Å². The van der Waals surface area contributed by atoms with Gasteiger partial charge in [0, 0.05) is 13.0 Å². The van der Waals surface area contributed by atoms with Gasteiger partial charge in [0.15, 0.2) is 0 Å². The normalized spacial score (nSPS) is 29.6. The highest BCUT2D eigenvalue weighted by Crippen LogP contribution is 2.53. The number of hydrogen-bond acceptors (Lipinski definition) is 2. The van der Waals surface area contributed by atoms with Gasteiger partial charge in [0.05, 0.1) is 0 Å². The van der Waals surface area contributed by atoms with E-state index in [1.807, 2.05) is 0 Å². The number of hydrogen-bond donors (Lipinski definition) is 1. The van der Waals surface area contributed by atoms with Gasteiger partial charge in [0.25, 0.3) is 0 Å². The molecule has 3 atom stereocenters. The van der Waals surface area contributed by atoms with Crippen molar-refractivity contribution < 1.29 is 9.90 Å². The first-order valence-electron chi connectivity index (χ1n) is 8.99. The van der Waals surface area contributed by atoms with Gasteiger partial charge in [-0.3, -0.25) is 0 Å². The van der Waals surface area contributed by atoms with E-state index in [9.17, 15) is 4.79 Å². The van der Waals surface area contributed by atoms with Crippen molar-refractivity contribution >= 4 is 5.78 Å². The fraction of sp³-hybridized carbons (Fsp3) is 0.850. The van der Waals surface area contributed by atoms with E-state index in [0.29, 0.717) is 29.5 Å². The summed E-state index contributed by atoms with van der Waals surface area (Å²) in [5.41, 5.74) is 0.514. The quantitative estimate of drug-likeness (QED) is 0.629. The molecule has 2 nitrogen and oxygen atoms in total. The molecule has 0 bridgehead atoms. The van der Waals surface area contributed by atoms with Crippen molar-refractivity contribution in [3.8, 4) is 0 Å². The molecule has 22 heavy (non-hydrogen) atoms. The Bertz CT molecular complexity index is 383. The van der Waals surface area contributed by atoms with E-state index >= 15 is 0 Å². The zero-order chi connectivity index (χ0) is 16.8. The van der Waals surface area contributed by atoms with Crippen molar-refractivity contribution in [2.75, 3.05) is 6.61 Å². The standard InChI is InChI=1S/C20H36O2/c1-16(11-15-21)8-6-13-20(5)14-7-12-19(3,4)18(20)10-9-17(2)22/h6,13,16,18,21H,7-12,14-15H2,1-5H3/b13-6+/t16-,18-,20-/m0/s1. The average molecular weight is 309 g/mol. The Morgan fingerprint density at radius 1 is 1.32 bits per heavy atom. The maximum atomic E-state index is 11.4. The molecule has 0 aromatic carbocycles. The van der Waals surface area contributed by atoms with Crippen LogP contribution in [0.1, 0.15) is 79.6 Å². The van der Waals surface area contributed by atoms with Gasteiger partial charge in [-0.25, -0.2) is 0 Å². The van der Waals surface area contributed by atoms with Gasteiger partial charge >= 0.3 is 0 Å². The van der Waals surface area contributed by atoms with Crippen molar-refractivity contribution in [3.63, 3.8) is 0 Å². The van der Waals surface area contributed by atoms with Crippen LogP contribution in [-0.4, -0.2) is 17.5 Å². The smallest absolute Gasteiger partial charge is 0.129 e. The minimum absolute atomic E-state index is 0.204. The average Bonchev–Trinajstić information content (AvgIpc) is 2.37. The van der Waals surface area contributed by atoms with Crippen molar-refractivity contribution in [1.82, 2.24) is 0 Å². The molecule has 0 aliphatic heterocycles. The molecule has 0 unspecified atom stereocenters. The van der Waals surface area contributed by atoms with Crippen molar-refractivity contribution in [3.05, 3.63) is 12.2 Å². The van der Waals surface area contributed by atoms with Gasteiger partial charge in [-0.05, 0) is 61.7 Å². The molecule has 1 aliphatic carbocycles. The van der Waals surface area contributed by atoms with E-state index in [1.165, 1.54) is 19.3 Å². The topological polar surface area (TPSA) is 37.3 Å². The monoisotopic (exact) mass is 308 g/mol. The summed E-state index contributed by atoms with van der Waals surface area (Å²) in [5.74, 6) is 1.42. The third-order valence-electron chi connectivity index (χ3n) is 5.72. The predicted molar refractivity (Wildman–Crippen MR) is 93.8 cm³/mol. The highest BCUT2D eigenvalue weighted by Gasteiger charge is 2.44. The molecule has 0 heterocycles. The molecule has 2 heteroatoms. The zero-order valence-corrected chi connectivity index (χ0v) is 15.3. The number of ketones is 1. The Morgan fingerprint density at radius 3 is 2.59 bits per heavy atom. The lowest BCUT2D eigenvalue weighted by atomic mass is 9.55. The van der Waals surface area contributed by atoms with Crippen LogP contribution in [0.5, 0.6) is 0 Å². The van der Waals surface area contributed by atoms with Gasteiger partial charge in [-0.15, -0.1) is 0 Å². The van der Waals surface area contributed by atoms with Gasteiger partial charge in [-0.2, -0.15) is 0 Å². The van der Waals surface area contributed by atoms with Gasteiger partial charge in [0.1, 0.15) is 5.78 Å². The molecule has 0 spiro atoms. The second-order valence-corrected chi connectivity index (χ2v) is 8.40. The minimum Gasteiger partial charge on any atom is -0.396 e. The van der Waals surface area contributed by atoms with E-state index in [2.05, 4.69) is 39.8 Å². The van der Waals surface area contributed by atoms with Crippen molar-refractivity contribution in [2.24, 2.45) is 22.7 Å². The van der Waals surface area contributed by atoms with Crippen LogP contribution in [-0.2, 0) is 4.79 Å².